The SMILES string of the molecule is CN(C)CCCN1c2ccncc2C=Cc2cnccc21. The van der Waals surface area contributed by atoms with E-state index in [2.05, 4.69) is 58.1 Å². The summed E-state index contributed by atoms with van der Waals surface area (Å²) < 4.78 is 0. The number of anilines is 2. The van der Waals surface area contributed by atoms with Gasteiger partial charge in [0.25, 0.3) is 0 Å². The summed E-state index contributed by atoms with van der Waals surface area (Å²) in [7, 11) is 4.22. The Kier molecular flexibility index (Phi) is 3.97. The molecule has 21 heavy (non-hydrogen) atoms. The van der Waals surface area contributed by atoms with Crippen LogP contribution in [0.1, 0.15) is 17.5 Å². The molecule has 1 aliphatic heterocycles. The first-order valence-corrected chi connectivity index (χ1v) is 7.24. The molecule has 4 heteroatoms. The summed E-state index contributed by atoms with van der Waals surface area (Å²) in [5.74, 6) is 0. The van der Waals surface area contributed by atoms with Gasteiger partial charge in [0.05, 0.1) is 11.4 Å². The van der Waals surface area contributed by atoms with E-state index in [0.717, 1.165) is 30.6 Å². The quantitative estimate of drug-likeness (QED) is 0.861. The molecule has 0 aliphatic carbocycles. The predicted molar refractivity (Wildman–Crippen MR) is 87.6 cm³/mol. The Morgan fingerprint density at radius 2 is 1.52 bits per heavy atom. The zero-order chi connectivity index (χ0) is 14.7. The van der Waals surface area contributed by atoms with Gasteiger partial charge in [-0.2, -0.15) is 0 Å². The second kappa shape index (κ2) is 6.06. The van der Waals surface area contributed by atoms with Gasteiger partial charge in [0.2, 0.25) is 0 Å². The summed E-state index contributed by atoms with van der Waals surface area (Å²) in [6, 6.07) is 4.18. The highest BCUT2D eigenvalue weighted by molar-refractivity contribution is 5.87. The summed E-state index contributed by atoms with van der Waals surface area (Å²) in [6.07, 6.45) is 12.9. The fourth-order valence-electron chi connectivity index (χ4n) is 2.64. The Bertz CT molecular complexity index is 599. The standard InChI is InChI=1S/C17H20N4/c1-20(2)10-3-11-21-16-6-8-18-12-14(16)4-5-15-13-19-9-7-17(15)21/h4-9,12-13H,3,10-11H2,1-2H3. The van der Waals surface area contributed by atoms with Gasteiger partial charge in [-0.05, 0) is 39.2 Å². The molecule has 4 nitrogen and oxygen atoms in total. The maximum absolute atomic E-state index is 4.24. The third-order valence-corrected chi connectivity index (χ3v) is 3.67. The van der Waals surface area contributed by atoms with Crippen molar-refractivity contribution in [3.8, 4) is 0 Å². The van der Waals surface area contributed by atoms with Crippen molar-refractivity contribution in [3.63, 3.8) is 0 Å². The van der Waals surface area contributed by atoms with Crippen LogP contribution in [0.5, 0.6) is 0 Å². The lowest BCUT2D eigenvalue weighted by Crippen LogP contribution is -2.24. The van der Waals surface area contributed by atoms with Crippen molar-refractivity contribution in [2.24, 2.45) is 0 Å². The topological polar surface area (TPSA) is 32.3 Å². The third kappa shape index (κ3) is 2.95. The Morgan fingerprint density at radius 1 is 0.952 bits per heavy atom. The van der Waals surface area contributed by atoms with Crippen molar-refractivity contribution in [2.75, 3.05) is 32.1 Å². The van der Waals surface area contributed by atoms with E-state index in [4.69, 9.17) is 0 Å². The number of pyridine rings is 2. The van der Waals surface area contributed by atoms with E-state index in [1.807, 2.05) is 24.8 Å². The number of nitrogens with zero attached hydrogens (tertiary/aromatic N) is 4. The lowest BCUT2D eigenvalue weighted by molar-refractivity contribution is 0.402. The zero-order valence-electron chi connectivity index (χ0n) is 12.5. The minimum atomic E-state index is 0.980. The maximum atomic E-state index is 4.24. The predicted octanol–water partition coefficient (Wildman–Crippen LogP) is 3.05. The van der Waals surface area contributed by atoms with Crippen LogP contribution in [0.15, 0.2) is 36.9 Å². The number of aromatic nitrogens is 2. The molecular weight excluding hydrogens is 260 g/mol. The highest BCUT2D eigenvalue weighted by Crippen LogP contribution is 2.35. The zero-order valence-corrected chi connectivity index (χ0v) is 12.5. The van der Waals surface area contributed by atoms with E-state index in [1.54, 1.807) is 0 Å². The first kappa shape index (κ1) is 13.8. The van der Waals surface area contributed by atoms with Gasteiger partial charge in [-0.25, -0.2) is 0 Å². The first-order valence-electron chi connectivity index (χ1n) is 7.24. The van der Waals surface area contributed by atoms with Gasteiger partial charge in [0, 0.05) is 42.5 Å². The molecule has 3 heterocycles. The van der Waals surface area contributed by atoms with Crippen LogP contribution in [0, 0.1) is 0 Å². The monoisotopic (exact) mass is 280 g/mol. The van der Waals surface area contributed by atoms with Gasteiger partial charge < -0.3 is 9.80 Å². The van der Waals surface area contributed by atoms with Gasteiger partial charge in [-0.3, -0.25) is 9.97 Å². The summed E-state index contributed by atoms with van der Waals surface area (Å²) in [5.41, 5.74) is 4.73. The highest BCUT2D eigenvalue weighted by atomic mass is 15.2. The van der Waals surface area contributed by atoms with Crippen molar-refractivity contribution in [1.29, 1.82) is 0 Å². The fourth-order valence-corrected chi connectivity index (χ4v) is 2.64. The van der Waals surface area contributed by atoms with Gasteiger partial charge in [0.15, 0.2) is 0 Å². The summed E-state index contributed by atoms with van der Waals surface area (Å²) in [6.45, 7) is 2.05. The second-order valence-corrected chi connectivity index (χ2v) is 5.51. The van der Waals surface area contributed by atoms with Gasteiger partial charge >= 0.3 is 0 Å². The van der Waals surface area contributed by atoms with Crippen LogP contribution in [0.4, 0.5) is 11.4 Å². The van der Waals surface area contributed by atoms with E-state index in [0.29, 0.717) is 0 Å². The van der Waals surface area contributed by atoms with Crippen LogP contribution in [-0.2, 0) is 0 Å². The van der Waals surface area contributed by atoms with Crippen LogP contribution in [0.25, 0.3) is 12.2 Å². The van der Waals surface area contributed by atoms with Crippen molar-refractivity contribution >= 4 is 23.5 Å². The Labute approximate surface area is 125 Å². The second-order valence-electron chi connectivity index (χ2n) is 5.51. The number of hydrogen-bond donors (Lipinski definition) is 0. The third-order valence-electron chi connectivity index (χ3n) is 3.67. The molecule has 0 unspecified atom stereocenters. The highest BCUT2D eigenvalue weighted by Gasteiger charge is 2.17. The van der Waals surface area contributed by atoms with E-state index in [-0.39, 0.29) is 0 Å². The molecule has 1 aliphatic rings. The molecule has 0 saturated heterocycles. The molecule has 0 amide bonds. The molecule has 0 aromatic carbocycles. The lowest BCUT2D eigenvalue weighted by Gasteiger charge is -2.27. The van der Waals surface area contributed by atoms with Crippen LogP contribution in [0.3, 0.4) is 0 Å². The summed E-state index contributed by atoms with van der Waals surface area (Å²) in [5, 5.41) is 0. The van der Waals surface area contributed by atoms with E-state index >= 15 is 0 Å². The molecule has 0 saturated carbocycles. The lowest BCUT2D eigenvalue weighted by atomic mass is 10.2. The van der Waals surface area contributed by atoms with Crippen molar-refractivity contribution in [3.05, 3.63) is 48.0 Å². The minimum Gasteiger partial charge on any atom is -0.340 e. The molecule has 0 spiro atoms. The molecule has 0 atom stereocenters. The normalized spacial score (nSPS) is 13.0. The average molecular weight is 280 g/mol. The average Bonchev–Trinajstić information content (AvgIpc) is 2.65. The number of hydrogen-bond acceptors (Lipinski definition) is 4. The molecule has 3 rings (SSSR count). The maximum Gasteiger partial charge on any atom is 0.0515 e. The Balaban J connectivity index is 1.98. The smallest absolute Gasteiger partial charge is 0.0515 e. The molecule has 2 aromatic heterocycles. The molecule has 0 radical (unpaired) electrons. The van der Waals surface area contributed by atoms with Gasteiger partial charge in [0.1, 0.15) is 0 Å². The molecule has 2 aromatic rings. The van der Waals surface area contributed by atoms with Gasteiger partial charge in [-0.15, -0.1) is 0 Å². The van der Waals surface area contributed by atoms with Gasteiger partial charge in [-0.1, -0.05) is 12.2 Å². The molecule has 0 bridgehead atoms. The van der Waals surface area contributed by atoms with Crippen LogP contribution < -0.4 is 4.90 Å². The number of rotatable bonds is 4. The van der Waals surface area contributed by atoms with Crippen LogP contribution in [0.2, 0.25) is 0 Å². The van der Waals surface area contributed by atoms with E-state index in [9.17, 15) is 0 Å². The van der Waals surface area contributed by atoms with Crippen LogP contribution >= 0.6 is 0 Å². The Hall–Kier alpha value is -2.20. The van der Waals surface area contributed by atoms with E-state index in [1.165, 1.54) is 11.4 Å². The molecule has 0 fully saturated rings. The van der Waals surface area contributed by atoms with Crippen molar-refractivity contribution in [2.45, 2.75) is 6.42 Å². The van der Waals surface area contributed by atoms with Crippen LogP contribution in [-0.4, -0.2) is 42.1 Å². The Morgan fingerprint density at radius 3 is 2.05 bits per heavy atom. The number of fused-ring (bicyclic) bond motifs is 2. The largest absolute Gasteiger partial charge is 0.340 e. The van der Waals surface area contributed by atoms with Crippen molar-refractivity contribution in [1.82, 2.24) is 14.9 Å². The summed E-state index contributed by atoms with van der Waals surface area (Å²) in [4.78, 5) is 13.1. The molecule has 108 valence electrons. The van der Waals surface area contributed by atoms with E-state index < -0.39 is 0 Å². The van der Waals surface area contributed by atoms with Crippen molar-refractivity contribution < 1.29 is 0 Å². The summed E-state index contributed by atoms with van der Waals surface area (Å²) >= 11 is 0. The minimum absolute atomic E-state index is 0.980. The first-order chi connectivity index (χ1) is 10.3. The fraction of sp³-hybridized carbons (Fsp3) is 0.294. The molecular formula is C17H20N4. The molecule has 0 N–H and O–H groups in total.